The molecule has 1 saturated heterocycles. The van der Waals surface area contributed by atoms with Crippen LogP contribution in [-0.4, -0.2) is 40.3 Å². The molecular formula is C58H73B2N4O2Pt-. The van der Waals surface area contributed by atoms with E-state index < -0.39 is 0 Å². The number of nitrogens with zero attached hydrogens (tertiary/aromatic N) is 4. The second-order valence-corrected chi connectivity index (χ2v) is 23.3. The average molecular weight is 1070 g/mol. The Morgan fingerprint density at radius 3 is 1.04 bits per heavy atom. The van der Waals surface area contributed by atoms with E-state index in [1.807, 2.05) is 6.07 Å². The largest absolute Gasteiger partial charge is 0.393 e. The van der Waals surface area contributed by atoms with Crippen LogP contribution in [0.25, 0.3) is 0 Å². The minimum Gasteiger partial charge on any atom is -0.393 e. The van der Waals surface area contributed by atoms with Crippen LogP contribution in [0.5, 0.6) is 0 Å². The Balaban J connectivity index is 0.000000980. The monoisotopic (exact) mass is 1070 g/mol. The zero-order chi connectivity index (χ0) is 49.1. The Bertz CT molecular complexity index is 2210. The number of anilines is 6. The molecule has 0 amide bonds. The van der Waals surface area contributed by atoms with Gasteiger partial charge in [-0.15, -0.1) is 0 Å². The number of benzene rings is 6. The van der Waals surface area contributed by atoms with Crippen LogP contribution in [0.15, 0.2) is 152 Å². The van der Waals surface area contributed by atoms with Gasteiger partial charge in [0.2, 0.25) is 0 Å². The van der Waals surface area contributed by atoms with E-state index in [0.29, 0.717) is 6.42 Å². The molecule has 354 valence electrons. The van der Waals surface area contributed by atoms with E-state index in [0.717, 1.165) is 38.3 Å². The molecule has 1 aliphatic heterocycles. The number of rotatable bonds is 10. The van der Waals surface area contributed by atoms with Gasteiger partial charge in [-0.05, 0) is 20.3 Å². The molecule has 0 aliphatic carbocycles. The van der Waals surface area contributed by atoms with E-state index in [9.17, 15) is 0 Å². The second kappa shape index (κ2) is 20.8. The van der Waals surface area contributed by atoms with Gasteiger partial charge in [-0.1, -0.05) is 0 Å². The molecule has 2 unspecified atom stereocenters. The number of hydrogen-bond acceptors (Lipinski definition) is 6. The van der Waals surface area contributed by atoms with Crippen LogP contribution in [-0.2, 0) is 41.0 Å². The molecule has 67 heavy (non-hydrogen) atoms. The fourth-order valence-electron chi connectivity index (χ4n) is 8.58. The van der Waals surface area contributed by atoms with Crippen molar-refractivity contribution in [1.82, 2.24) is 0 Å². The van der Waals surface area contributed by atoms with Gasteiger partial charge in [-0.2, -0.15) is 0 Å². The summed E-state index contributed by atoms with van der Waals surface area (Å²) in [4.78, 5) is 10.2. The number of aliphatic hydroxyl groups excluding tert-OH is 2. The van der Waals surface area contributed by atoms with Crippen LogP contribution in [0.1, 0.15) is 126 Å². The van der Waals surface area contributed by atoms with E-state index in [1.54, 1.807) is 13.8 Å². The van der Waals surface area contributed by atoms with E-state index in [4.69, 9.17) is 10.2 Å². The van der Waals surface area contributed by atoms with Gasteiger partial charge in [0.25, 0.3) is 0 Å². The fraction of sp³-hybridized carbons (Fsp3) is 0.362. The summed E-state index contributed by atoms with van der Waals surface area (Å²) in [6.07, 6.45) is -0.278. The summed E-state index contributed by atoms with van der Waals surface area (Å²) in [7, 11) is 0. The Morgan fingerprint density at radius 1 is 0.463 bits per heavy atom. The molecule has 0 aromatic heterocycles. The van der Waals surface area contributed by atoms with E-state index in [2.05, 4.69) is 273 Å². The number of aliphatic hydroxyl groups is 2. The Labute approximate surface area is 415 Å². The summed E-state index contributed by atoms with van der Waals surface area (Å²) in [6, 6.07) is 60.1. The quantitative estimate of drug-likeness (QED) is 0.105. The maximum atomic E-state index is 8.56. The third-order valence-electron chi connectivity index (χ3n) is 12.4. The minimum absolute atomic E-state index is 0.0151. The van der Waals surface area contributed by atoms with Gasteiger partial charge in [-0.3, -0.25) is 0 Å². The first-order valence-electron chi connectivity index (χ1n) is 23.8. The third kappa shape index (κ3) is 12.4. The van der Waals surface area contributed by atoms with Gasteiger partial charge in [0.15, 0.2) is 0 Å². The summed E-state index contributed by atoms with van der Waals surface area (Å²) in [5.74, 6) is 0. The van der Waals surface area contributed by atoms with Crippen LogP contribution < -0.4 is 19.2 Å². The smallest absolute Gasteiger partial charge is 0.0536 e. The van der Waals surface area contributed by atoms with Crippen molar-refractivity contribution >= 4 is 52.0 Å². The van der Waals surface area contributed by atoms with E-state index in [1.165, 1.54) is 22.3 Å². The molecular weight excluding hydrogens is 1000 g/mol. The van der Waals surface area contributed by atoms with Gasteiger partial charge in [0, 0.05) is 0 Å². The van der Waals surface area contributed by atoms with E-state index in [-0.39, 0.29) is 47.6 Å². The van der Waals surface area contributed by atoms with Gasteiger partial charge in [0.1, 0.15) is 0 Å². The molecule has 0 spiro atoms. The third-order valence-corrected chi connectivity index (χ3v) is 13.5. The predicted molar refractivity (Wildman–Crippen MR) is 286 cm³/mol. The van der Waals surface area contributed by atoms with Crippen LogP contribution in [0.2, 0.25) is 0 Å². The van der Waals surface area contributed by atoms with Crippen molar-refractivity contribution in [3.8, 4) is 0 Å². The van der Waals surface area contributed by atoms with Crippen LogP contribution in [0.4, 0.5) is 34.1 Å². The maximum absolute atomic E-state index is 8.56. The number of hydrogen-bond donors (Lipinski definition) is 2. The van der Waals surface area contributed by atoms with Gasteiger partial charge in [0.05, 0.1) is 12.2 Å². The molecule has 0 radical (unpaired) electrons. The van der Waals surface area contributed by atoms with Crippen LogP contribution >= 0.6 is 0 Å². The Kier molecular flexibility index (Phi) is 16.0. The first-order chi connectivity index (χ1) is 31.4. The molecule has 6 nitrogen and oxygen atoms in total. The molecule has 6 aromatic rings. The van der Waals surface area contributed by atoms with Crippen molar-refractivity contribution in [1.29, 1.82) is 0 Å². The summed E-state index contributed by atoms with van der Waals surface area (Å²) in [6.45, 7) is 30.2. The zero-order valence-corrected chi connectivity index (χ0v) is 44.7. The molecule has 0 bridgehead atoms. The molecule has 2 N–H and O–H groups in total. The zero-order valence-electron chi connectivity index (χ0n) is 42.4. The fourth-order valence-corrected chi connectivity index (χ4v) is 9.75. The molecule has 1 heterocycles. The van der Waals surface area contributed by atoms with Crippen molar-refractivity contribution < 1.29 is 29.6 Å². The maximum Gasteiger partial charge on any atom is 0.0536 e. The molecule has 9 heteroatoms. The van der Waals surface area contributed by atoms with Crippen LogP contribution in [0.3, 0.4) is 0 Å². The van der Waals surface area contributed by atoms with Crippen molar-refractivity contribution in [3.63, 3.8) is 0 Å². The van der Waals surface area contributed by atoms with E-state index >= 15 is 0 Å². The topological polar surface area (TPSA) is 53.4 Å². The summed E-state index contributed by atoms with van der Waals surface area (Å²) >= 11 is 2.57. The summed E-state index contributed by atoms with van der Waals surface area (Å²) in [5.41, 5.74) is 11.9. The standard InChI is InChI=1S/C53H61B2N4.C5H12O2.Pt/c1-50(2,3)40-23-31-46(32-24-40)58(47-33-25-41(26-34-47)51(4,5)6)54-55(57(45-21-17-14-18-22-45)39-56(54)44-19-15-13-16-20-44)59(48-35-27-42(28-36-48)52(7,8)9)49-37-29-43(30-38-49)53(10,11)12;1-4(6)3-5(2)7;/h13-21,23-38H,1-12H3;4-7H,3H2,1-2H3;/q-1;;. The van der Waals surface area contributed by atoms with Gasteiger partial charge in [-0.25, -0.2) is 0 Å². The molecule has 1 fully saturated rings. The minimum atomic E-state index is -0.375. The summed E-state index contributed by atoms with van der Waals surface area (Å²) < 4.78 is 1.09. The normalized spacial score (nSPS) is 14.4. The average Bonchev–Trinajstić information content (AvgIpc) is 3.54. The van der Waals surface area contributed by atoms with Crippen LogP contribution in [0, 0.1) is 6.07 Å². The first kappa shape index (κ1) is 51.5. The molecule has 7 rings (SSSR count). The van der Waals surface area contributed by atoms with Gasteiger partial charge < -0.3 is 10.2 Å². The second-order valence-electron chi connectivity index (χ2n) is 22.3. The van der Waals surface area contributed by atoms with Crippen molar-refractivity contribution in [2.24, 2.45) is 0 Å². The first-order valence-corrected chi connectivity index (χ1v) is 25.0. The Hall–Kier alpha value is -4.87. The van der Waals surface area contributed by atoms with Crippen molar-refractivity contribution in [2.75, 3.05) is 19.2 Å². The summed E-state index contributed by atoms with van der Waals surface area (Å²) in [5, 5.41) is 17.1. The Morgan fingerprint density at radius 2 is 0.776 bits per heavy atom. The SMILES string of the molecule is CC(C)(C)c1ccc(N(B2B(N(c3ccc(C(C)(C)C)cc3)c3ccc(C(C)(C)C)cc3)N(c3ccccc3)[C](=[Pt])N2c2[c-]cccc2)c2ccc(C(C)(C)C)cc2)cc1.CC(O)CC(C)O. The molecule has 6 aromatic carbocycles. The predicted octanol–water partition coefficient (Wildman–Crippen LogP) is 13.5. The molecule has 1 aliphatic rings. The number of para-hydroxylation sites is 2. The molecule has 2 atom stereocenters. The van der Waals surface area contributed by atoms with Gasteiger partial charge >= 0.3 is 375 Å². The van der Waals surface area contributed by atoms with Crippen molar-refractivity contribution in [3.05, 3.63) is 180 Å². The van der Waals surface area contributed by atoms with Crippen molar-refractivity contribution in [2.45, 2.75) is 137 Å². The molecule has 0 saturated carbocycles.